The minimum Gasteiger partial charge on any atom is -0.368 e. The van der Waals surface area contributed by atoms with Gasteiger partial charge >= 0.3 is 0 Å². The Labute approximate surface area is 123 Å². The van der Waals surface area contributed by atoms with Crippen molar-refractivity contribution in [1.82, 2.24) is 0 Å². The van der Waals surface area contributed by atoms with E-state index in [2.05, 4.69) is 0 Å². The maximum atomic E-state index is 12.4. The highest BCUT2D eigenvalue weighted by molar-refractivity contribution is 6.40. The van der Waals surface area contributed by atoms with Gasteiger partial charge in [0.25, 0.3) is 0 Å². The number of carbonyl (C=O) groups is 2. The maximum absolute atomic E-state index is 12.4. The van der Waals surface area contributed by atoms with Crippen molar-refractivity contribution in [1.29, 1.82) is 0 Å². The third kappa shape index (κ3) is 1.70. The molecule has 6 heteroatoms. The third-order valence-electron chi connectivity index (χ3n) is 3.35. The van der Waals surface area contributed by atoms with Crippen LogP contribution in [-0.2, 0) is 0 Å². The third-order valence-corrected chi connectivity index (χ3v) is 3.98. The van der Waals surface area contributed by atoms with Gasteiger partial charge in [0, 0.05) is 11.1 Å². The lowest BCUT2D eigenvalue weighted by Gasteiger charge is -2.35. The molecule has 0 radical (unpaired) electrons. The molecule has 102 valence electrons. The van der Waals surface area contributed by atoms with Gasteiger partial charge in [-0.15, -0.1) is 0 Å². The molecule has 2 aliphatic rings. The van der Waals surface area contributed by atoms with E-state index in [1.165, 1.54) is 12.1 Å². The van der Waals surface area contributed by atoms with E-state index in [0.29, 0.717) is 0 Å². The summed E-state index contributed by atoms with van der Waals surface area (Å²) >= 11 is 11.7. The summed E-state index contributed by atoms with van der Waals surface area (Å²) in [4.78, 5) is 24.9. The number of rotatable bonds is 0. The van der Waals surface area contributed by atoms with E-state index in [1.807, 2.05) is 0 Å². The van der Waals surface area contributed by atoms with Crippen LogP contribution in [-0.4, -0.2) is 31.9 Å². The van der Waals surface area contributed by atoms with Crippen LogP contribution in [0.5, 0.6) is 0 Å². The molecule has 4 nitrogen and oxygen atoms in total. The zero-order valence-electron chi connectivity index (χ0n) is 9.93. The molecule has 0 amide bonds. The summed E-state index contributed by atoms with van der Waals surface area (Å²) in [6.45, 7) is 0. The average molecular weight is 311 g/mol. The molecule has 2 aliphatic carbocycles. The van der Waals surface area contributed by atoms with E-state index in [9.17, 15) is 19.8 Å². The number of carbonyl (C=O) groups excluding carboxylic acids is 2. The number of hydrogen-bond acceptors (Lipinski definition) is 4. The van der Waals surface area contributed by atoms with Gasteiger partial charge in [0.05, 0.1) is 11.1 Å². The molecule has 2 unspecified atom stereocenters. The summed E-state index contributed by atoms with van der Waals surface area (Å²) in [6.07, 6.45) is 1.97. The molecule has 2 N–H and O–H groups in total. The smallest absolute Gasteiger partial charge is 0.194 e. The minimum atomic E-state index is -2.17. The van der Waals surface area contributed by atoms with E-state index in [1.54, 1.807) is 12.1 Å². The Bertz CT molecular complexity index is 655. The van der Waals surface area contributed by atoms with Gasteiger partial charge in [-0.1, -0.05) is 47.5 Å². The van der Waals surface area contributed by atoms with Crippen LogP contribution in [0.15, 0.2) is 47.6 Å². The number of benzene rings is 1. The number of Topliss-reactive ketones (excluding diaryl/α,β-unsaturated/α-hetero) is 2. The van der Waals surface area contributed by atoms with Crippen molar-refractivity contribution in [2.45, 2.75) is 10.1 Å². The molecule has 0 fully saturated rings. The number of aliphatic hydroxyl groups is 2. The molecule has 0 aliphatic heterocycles. The van der Waals surface area contributed by atoms with Crippen molar-refractivity contribution in [2.75, 3.05) is 0 Å². The fourth-order valence-electron chi connectivity index (χ4n) is 2.43. The van der Waals surface area contributed by atoms with Crippen LogP contribution >= 0.6 is 23.2 Å². The molecule has 1 aromatic rings. The molecule has 20 heavy (non-hydrogen) atoms. The van der Waals surface area contributed by atoms with Crippen molar-refractivity contribution in [3.63, 3.8) is 0 Å². The summed E-state index contributed by atoms with van der Waals surface area (Å²) in [6, 6.07) is 6.10. The zero-order chi connectivity index (χ0) is 14.7. The largest absolute Gasteiger partial charge is 0.368 e. The number of fused-ring (bicyclic) bond motifs is 1. The average Bonchev–Trinajstić information content (AvgIpc) is 2.39. The molecular formula is C14H8Cl2O4. The van der Waals surface area contributed by atoms with Gasteiger partial charge in [-0.05, 0) is 12.2 Å². The molecular weight excluding hydrogens is 303 g/mol. The van der Waals surface area contributed by atoms with Gasteiger partial charge in [0.2, 0.25) is 0 Å². The molecule has 0 saturated heterocycles. The van der Waals surface area contributed by atoms with Crippen molar-refractivity contribution in [3.05, 3.63) is 58.7 Å². The lowest BCUT2D eigenvalue weighted by Crippen LogP contribution is -2.43. The van der Waals surface area contributed by atoms with E-state index in [-0.39, 0.29) is 11.1 Å². The van der Waals surface area contributed by atoms with Gasteiger partial charge < -0.3 is 10.2 Å². The summed E-state index contributed by atoms with van der Waals surface area (Å²) < 4.78 is 0. The number of alkyl halides is 2. The van der Waals surface area contributed by atoms with Crippen LogP contribution in [0.1, 0.15) is 20.7 Å². The quantitative estimate of drug-likeness (QED) is 0.566. The van der Waals surface area contributed by atoms with Crippen LogP contribution in [0, 0.1) is 0 Å². The normalized spacial score (nSPS) is 32.2. The lowest BCUT2D eigenvalue weighted by atomic mass is 9.77. The fraction of sp³-hybridized carbons (Fsp3) is 0.143. The fourth-order valence-corrected chi connectivity index (χ4v) is 2.92. The molecule has 3 rings (SSSR count). The predicted molar refractivity (Wildman–Crippen MR) is 72.9 cm³/mol. The number of halogens is 2. The van der Waals surface area contributed by atoms with E-state index >= 15 is 0 Å². The Kier molecular flexibility index (Phi) is 2.72. The summed E-state index contributed by atoms with van der Waals surface area (Å²) in [5.41, 5.74) is -0.554. The summed E-state index contributed by atoms with van der Waals surface area (Å²) in [7, 11) is 0. The van der Waals surface area contributed by atoms with E-state index in [0.717, 1.165) is 12.2 Å². The summed E-state index contributed by atoms with van der Waals surface area (Å²) in [5.74, 6) is -1.26. The van der Waals surface area contributed by atoms with E-state index in [4.69, 9.17) is 23.2 Å². The predicted octanol–water partition coefficient (Wildman–Crippen LogP) is 1.79. The Morgan fingerprint density at radius 2 is 1.15 bits per heavy atom. The molecule has 0 bridgehead atoms. The number of ketones is 2. The Morgan fingerprint density at radius 3 is 1.50 bits per heavy atom. The van der Waals surface area contributed by atoms with Crippen LogP contribution in [0.2, 0.25) is 0 Å². The molecule has 1 aromatic carbocycles. The topological polar surface area (TPSA) is 74.6 Å². The SMILES string of the molecule is O=C1C2=C(C(=O)c3ccccc31)C(O)(Cl)C=CC2(O)Cl. The molecule has 0 heterocycles. The first-order chi connectivity index (χ1) is 9.26. The first-order valence-electron chi connectivity index (χ1n) is 5.72. The number of hydrogen-bond donors (Lipinski definition) is 2. The van der Waals surface area contributed by atoms with Crippen LogP contribution in [0.4, 0.5) is 0 Å². The van der Waals surface area contributed by atoms with Crippen LogP contribution in [0.3, 0.4) is 0 Å². The second-order valence-electron chi connectivity index (χ2n) is 4.63. The monoisotopic (exact) mass is 310 g/mol. The first-order valence-corrected chi connectivity index (χ1v) is 6.48. The minimum absolute atomic E-state index is 0.123. The second kappa shape index (κ2) is 4.02. The Morgan fingerprint density at radius 1 is 0.800 bits per heavy atom. The molecule has 0 spiro atoms. The van der Waals surface area contributed by atoms with Gasteiger partial charge in [-0.3, -0.25) is 9.59 Å². The van der Waals surface area contributed by atoms with Crippen molar-refractivity contribution in [3.8, 4) is 0 Å². The zero-order valence-corrected chi connectivity index (χ0v) is 11.4. The Balaban J connectivity index is 2.35. The van der Waals surface area contributed by atoms with Crippen molar-refractivity contribution in [2.24, 2.45) is 0 Å². The maximum Gasteiger partial charge on any atom is 0.194 e. The van der Waals surface area contributed by atoms with Gasteiger partial charge in [0.15, 0.2) is 21.7 Å². The van der Waals surface area contributed by atoms with Gasteiger partial charge in [-0.25, -0.2) is 0 Å². The first kappa shape index (κ1) is 13.5. The second-order valence-corrected chi connectivity index (χ2v) is 5.79. The van der Waals surface area contributed by atoms with Crippen LogP contribution in [0.25, 0.3) is 0 Å². The molecule has 0 saturated carbocycles. The molecule has 0 aromatic heterocycles. The summed E-state index contributed by atoms with van der Waals surface area (Å²) in [5, 5.41) is 15.8. The van der Waals surface area contributed by atoms with Crippen molar-refractivity contribution >= 4 is 34.8 Å². The standard InChI is InChI=1S/C14H8Cl2O4/c15-13(19)5-6-14(16,20)10-9(13)11(17)7-3-1-2-4-8(7)12(10)18/h1-6,19-20H. The van der Waals surface area contributed by atoms with Gasteiger partial charge in [-0.2, -0.15) is 0 Å². The van der Waals surface area contributed by atoms with Gasteiger partial charge in [0.1, 0.15) is 0 Å². The van der Waals surface area contributed by atoms with Crippen molar-refractivity contribution < 1.29 is 19.8 Å². The molecule has 2 atom stereocenters. The van der Waals surface area contributed by atoms with Crippen LogP contribution < -0.4 is 0 Å². The highest BCUT2D eigenvalue weighted by Crippen LogP contribution is 2.44. The highest BCUT2D eigenvalue weighted by atomic mass is 35.5. The highest BCUT2D eigenvalue weighted by Gasteiger charge is 2.50. The Hall–Kier alpha value is -1.46. The van der Waals surface area contributed by atoms with E-state index < -0.39 is 32.8 Å². The lowest BCUT2D eigenvalue weighted by molar-refractivity contribution is 0.0883.